The van der Waals surface area contributed by atoms with Crippen molar-refractivity contribution in [3.8, 4) is 5.75 Å². The van der Waals surface area contributed by atoms with E-state index >= 15 is 0 Å². The average Bonchev–Trinajstić information content (AvgIpc) is 3.53. The van der Waals surface area contributed by atoms with Gasteiger partial charge in [0.2, 0.25) is 0 Å². The third-order valence-electron chi connectivity index (χ3n) is 5.83. The van der Waals surface area contributed by atoms with E-state index < -0.39 is 5.82 Å². The van der Waals surface area contributed by atoms with Gasteiger partial charge in [0.15, 0.2) is 0 Å². The topological polar surface area (TPSA) is 88.0 Å². The van der Waals surface area contributed by atoms with Crippen molar-refractivity contribution in [1.82, 2.24) is 19.6 Å². The zero-order chi connectivity index (χ0) is 24.2. The van der Waals surface area contributed by atoms with Gasteiger partial charge in [-0.3, -0.25) is 4.79 Å². The SMILES string of the molecule is O=C(NCc1ccn2ccnc2c1)Nc1ccc(O[C@@H]2CCN(C(=O)c3cccc(F)c3)C2)cc1. The van der Waals surface area contributed by atoms with Crippen LogP contribution >= 0.6 is 0 Å². The van der Waals surface area contributed by atoms with Gasteiger partial charge in [0.05, 0.1) is 6.54 Å². The predicted molar refractivity (Wildman–Crippen MR) is 129 cm³/mol. The second-order valence-electron chi connectivity index (χ2n) is 8.35. The molecule has 0 saturated carbocycles. The Labute approximate surface area is 201 Å². The van der Waals surface area contributed by atoms with Gasteiger partial charge in [0.1, 0.15) is 23.3 Å². The Morgan fingerprint density at radius 2 is 1.94 bits per heavy atom. The number of anilines is 1. The van der Waals surface area contributed by atoms with E-state index in [1.807, 2.05) is 28.9 Å². The highest BCUT2D eigenvalue weighted by Crippen LogP contribution is 2.22. The molecular weight excluding hydrogens is 449 g/mol. The summed E-state index contributed by atoms with van der Waals surface area (Å²) in [5.41, 5.74) is 2.74. The highest BCUT2D eigenvalue weighted by molar-refractivity contribution is 5.94. The molecule has 9 heteroatoms. The van der Waals surface area contributed by atoms with Gasteiger partial charge in [-0.05, 0) is 60.2 Å². The molecule has 1 fully saturated rings. The number of halogens is 1. The Morgan fingerprint density at radius 1 is 1.09 bits per heavy atom. The van der Waals surface area contributed by atoms with Gasteiger partial charge in [0, 0.05) is 49.4 Å². The lowest BCUT2D eigenvalue weighted by Crippen LogP contribution is -2.31. The number of likely N-dealkylation sites (tertiary alicyclic amines) is 1. The van der Waals surface area contributed by atoms with Crippen LogP contribution in [0.1, 0.15) is 22.3 Å². The fraction of sp³-hybridized carbons (Fsp3) is 0.192. The van der Waals surface area contributed by atoms with E-state index in [1.165, 1.54) is 18.2 Å². The summed E-state index contributed by atoms with van der Waals surface area (Å²) in [6.07, 6.45) is 6.02. The number of hydrogen-bond donors (Lipinski definition) is 2. The lowest BCUT2D eigenvalue weighted by molar-refractivity contribution is 0.0772. The minimum absolute atomic E-state index is 0.151. The van der Waals surface area contributed by atoms with E-state index in [-0.39, 0.29) is 18.0 Å². The Kier molecular flexibility index (Phi) is 6.30. The normalized spacial score (nSPS) is 15.2. The van der Waals surface area contributed by atoms with Gasteiger partial charge in [-0.25, -0.2) is 14.2 Å². The minimum atomic E-state index is -0.430. The van der Waals surface area contributed by atoms with Crippen molar-refractivity contribution in [1.29, 1.82) is 0 Å². The standard InChI is InChI=1S/C26H24FN5O3/c27-20-3-1-2-19(15-20)25(33)32-12-9-23(17-32)35-22-6-4-21(5-7-22)30-26(34)29-16-18-8-11-31-13-10-28-24(31)14-18/h1-8,10-11,13-15,23H,9,12,16-17H2,(H2,29,30,34)/t23-/m1/s1. The van der Waals surface area contributed by atoms with Crippen LogP contribution in [0.5, 0.6) is 5.75 Å². The van der Waals surface area contributed by atoms with Crippen LogP contribution in [-0.2, 0) is 6.54 Å². The first-order valence-electron chi connectivity index (χ1n) is 11.3. The maximum atomic E-state index is 13.4. The van der Waals surface area contributed by atoms with Crippen molar-refractivity contribution < 1.29 is 18.7 Å². The molecule has 8 nitrogen and oxygen atoms in total. The molecule has 1 atom stereocenters. The first-order valence-corrected chi connectivity index (χ1v) is 11.3. The zero-order valence-electron chi connectivity index (χ0n) is 18.9. The third-order valence-corrected chi connectivity index (χ3v) is 5.83. The number of benzene rings is 2. The Bertz CT molecular complexity index is 1350. The molecule has 1 aliphatic rings. The van der Waals surface area contributed by atoms with E-state index in [4.69, 9.17) is 4.74 Å². The molecule has 0 unspecified atom stereocenters. The van der Waals surface area contributed by atoms with E-state index in [2.05, 4.69) is 15.6 Å². The molecule has 0 radical (unpaired) electrons. The maximum Gasteiger partial charge on any atom is 0.319 e. The van der Waals surface area contributed by atoms with Crippen LogP contribution in [0.2, 0.25) is 0 Å². The highest BCUT2D eigenvalue weighted by Gasteiger charge is 2.28. The van der Waals surface area contributed by atoms with Gasteiger partial charge < -0.3 is 24.7 Å². The molecule has 178 valence electrons. The quantitative estimate of drug-likeness (QED) is 0.442. The molecule has 1 aliphatic heterocycles. The monoisotopic (exact) mass is 473 g/mol. The van der Waals surface area contributed by atoms with Crippen LogP contribution in [0.25, 0.3) is 5.65 Å². The number of rotatable bonds is 6. The third kappa shape index (κ3) is 5.40. The van der Waals surface area contributed by atoms with Crippen molar-refractivity contribution in [3.05, 3.63) is 96.2 Å². The van der Waals surface area contributed by atoms with Crippen LogP contribution < -0.4 is 15.4 Å². The molecule has 5 rings (SSSR count). The summed E-state index contributed by atoms with van der Waals surface area (Å²) in [5.74, 6) is 0.0148. The molecule has 2 aromatic carbocycles. The largest absolute Gasteiger partial charge is 0.489 e. The number of nitrogens with one attached hydrogen (secondary N) is 2. The van der Waals surface area contributed by atoms with Crippen molar-refractivity contribution >= 4 is 23.3 Å². The van der Waals surface area contributed by atoms with Gasteiger partial charge in [-0.15, -0.1) is 0 Å². The Balaban J connectivity index is 1.09. The molecule has 0 aliphatic carbocycles. The van der Waals surface area contributed by atoms with Gasteiger partial charge in [-0.2, -0.15) is 0 Å². The van der Waals surface area contributed by atoms with E-state index in [9.17, 15) is 14.0 Å². The predicted octanol–water partition coefficient (Wildman–Crippen LogP) is 4.09. The Morgan fingerprint density at radius 3 is 2.77 bits per heavy atom. The van der Waals surface area contributed by atoms with Gasteiger partial charge in [-0.1, -0.05) is 6.07 Å². The van der Waals surface area contributed by atoms with Crippen LogP contribution in [0.15, 0.2) is 79.3 Å². The molecule has 3 heterocycles. The molecule has 1 saturated heterocycles. The maximum absolute atomic E-state index is 13.4. The molecule has 2 N–H and O–H groups in total. The number of pyridine rings is 1. The summed E-state index contributed by atoms with van der Waals surface area (Å²) in [7, 11) is 0. The number of ether oxygens (including phenoxy) is 1. The number of nitrogens with zero attached hydrogens (tertiary/aromatic N) is 3. The number of carbonyl (C=O) groups is 2. The van der Waals surface area contributed by atoms with Crippen LogP contribution in [0.4, 0.5) is 14.9 Å². The minimum Gasteiger partial charge on any atom is -0.489 e. The second-order valence-corrected chi connectivity index (χ2v) is 8.35. The Hall–Kier alpha value is -4.40. The molecule has 0 spiro atoms. The van der Waals surface area contributed by atoms with Crippen molar-refractivity contribution in [2.45, 2.75) is 19.1 Å². The molecule has 4 aromatic rings. The number of urea groups is 1. The fourth-order valence-corrected chi connectivity index (χ4v) is 4.04. The van der Waals surface area contributed by atoms with Crippen molar-refractivity contribution in [2.75, 3.05) is 18.4 Å². The average molecular weight is 474 g/mol. The van der Waals surface area contributed by atoms with Crippen LogP contribution in [-0.4, -0.2) is 45.4 Å². The van der Waals surface area contributed by atoms with Crippen LogP contribution in [0.3, 0.4) is 0 Å². The number of carbonyl (C=O) groups excluding carboxylic acids is 2. The van der Waals surface area contributed by atoms with Gasteiger partial charge in [0.25, 0.3) is 5.91 Å². The van der Waals surface area contributed by atoms with Crippen molar-refractivity contribution in [3.63, 3.8) is 0 Å². The second kappa shape index (κ2) is 9.84. The highest BCUT2D eigenvalue weighted by atomic mass is 19.1. The molecule has 35 heavy (non-hydrogen) atoms. The summed E-state index contributed by atoms with van der Waals surface area (Å²) in [4.78, 5) is 30.8. The molecular formula is C26H24FN5O3. The fourth-order valence-electron chi connectivity index (χ4n) is 4.04. The number of amides is 3. The number of imidazole rings is 1. The number of aromatic nitrogens is 2. The summed E-state index contributed by atoms with van der Waals surface area (Å²) < 4.78 is 21.3. The van der Waals surface area contributed by atoms with Gasteiger partial charge >= 0.3 is 6.03 Å². The molecule has 2 aromatic heterocycles. The smallest absolute Gasteiger partial charge is 0.319 e. The molecule has 3 amide bonds. The summed E-state index contributed by atoms with van der Waals surface area (Å²) in [6, 6.07) is 16.3. The van der Waals surface area contributed by atoms with E-state index in [0.717, 1.165) is 11.2 Å². The summed E-state index contributed by atoms with van der Waals surface area (Å²) >= 11 is 0. The lowest BCUT2D eigenvalue weighted by atomic mass is 10.2. The number of fused-ring (bicyclic) bond motifs is 1. The van der Waals surface area contributed by atoms with Crippen LogP contribution in [0, 0.1) is 5.82 Å². The van der Waals surface area contributed by atoms with E-state index in [1.54, 1.807) is 41.4 Å². The van der Waals surface area contributed by atoms with Crippen molar-refractivity contribution in [2.24, 2.45) is 0 Å². The first-order chi connectivity index (χ1) is 17.0. The first kappa shape index (κ1) is 22.4. The zero-order valence-corrected chi connectivity index (χ0v) is 18.9. The summed E-state index contributed by atoms with van der Waals surface area (Å²) in [5, 5.41) is 5.63. The summed E-state index contributed by atoms with van der Waals surface area (Å²) in [6.45, 7) is 1.36. The molecule has 0 bridgehead atoms. The number of hydrogen-bond acceptors (Lipinski definition) is 4. The van der Waals surface area contributed by atoms with E-state index in [0.29, 0.717) is 43.1 Å². The lowest BCUT2D eigenvalue weighted by Gasteiger charge is -2.17.